The molecule has 2 aromatic carbocycles. The molecule has 5 heteroatoms. The van der Waals surface area contributed by atoms with Gasteiger partial charge in [-0.25, -0.2) is 0 Å². The second-order valence-electron chi connectivity index (χ2n) is 7.26. The van der Waals surface area contributed by atoms with Crippen molar-refractivity contribution in [2.75, 3.05) is 38.2 Å². The van der Waals surface area contributed by atoms with Gasteiger partial charge in [-0.3, -0.25) is 9.47 Å². The minimum atomic E-state index is -0.0438. The first-order valence-corrected chi connectivity index (χ1v) is 9.53. The summed E-state index contributed by atoms with van der Waals surface area (Å²) in [6.45, 7) is 5.82. The van der Waals surface area contributed by atoms with Gasteiger partial charge < -0.3 is 15.2 Å². The molecule has 0 bridgehead atoms. The summed E-state index contributed by atoms with van der Waals surface area (Å²) in [6, 6.07) is 20.2. The van der Waals surface area contributed by atoms with Crippen molar-refractivity contribution >= 4 is 16.8 Å². The molecule has 0 radical (unpaired) electrons. The van der Waals surface area contributed by atoms with Crippen molar-refractivity contribution in [1.29, 1.82) is 0 Å². The molecule has 3 aromatic rings. The Bertz CT molecular complexity index is 926. The van der Waals surface area contributed by atoms with Gasteiger partial charge in [0, 0.05) is 31.6 Å². The molecule has 0 spiro atoms. The molecule has 4 rings (SSSR count). The lowest BCUT2D eigenvalue weighted by atomic mass is 10.1. The first-order valence-electron chi connectivity index (χ1n) is 9.53. The molecular weight excluding hydrogens is 336 g/mol. The summed E-state index contributed by atoms with van der Waals surface area (Å²) < 4.78 is 2.11. The van der Waals surface area contributed by atoms with Crippen molar-refractivity contribution < 1.29 is 4.79 Å². The number of amides is 1. The first kappa shape index (κ1) is 17.6. The molecule has 1 aliphatic rings. The van der Waals surface area contributed by atoms with Gasteiger partial charge in [0.05, 0.1) is 11.6 Å². The molecule has 2 heterocycles. The number of carbonyl (C=O) groups excluding carboxylic acids is 1. The molecule has 1 atom stereocenters. The van der Waals surface area contributed by atoms with Crippen molar-refractivity contribution in [2.24, 2.45) is 0 Å². The lowest BCUT2D eigenvalue weighted by Crippen LogP contribution is -2.50. The molecule has 1 aliphatic heterocycles. The Morgan fingerprint density at radius 1 is 0.963 bits per heavy atom. The summed E-state index contributed by atoms with van der Waals surface area (Å²) >= 11 is 0. The summed E-state index contributed by atoms with van der Waals surface area (Å²) in [7, 11) is 2.14. The number of hydrogen-bond acceptors (Lipinski definition) is 3. The third-order valence-corrected chi connectivity index (χ3v) is 5.33. The van der Waals surface area contributed by atoms with Crippen LogP contribution in [0.25, 0.3) is 10.9 Å². The van der Waals surface area contributed by atoms with Crippen molar-refractivity contribution in [3.63, 3.8) is 0 Å². The minimum absolute atomic E-state index is 0.0403. The fourth-order valence-electron chi connectivity index (χ4n) is 3.70. The summed E-state index contributed by atoms with van der Waals surface area (Å²) in [5.74, 6) is -0.0403. The average molecular weight is 362 g/mol. The topological polar surface area (TPSA) is 40.5 Å². The number of likely N-dealkylation sites (N-methyl/N-ethyl adjacent to an activating group) is 1. The van der Waals surface area contributed by atoms with Crippen molar-refractivity contribution in [1.82, 2.24) is 14.9 Å². The van der Waals surface area contributed by atoms with Crippen molar-refractivity contribution in [3.8, 4) is 0 Å². The summed E-state index contributed by atoms with van der Waals surface area (Å²) in [5.41, 5.74) is 2.89. The predicted octanol–water partition coefficient (Wildman–Crippen LogP) is 3.02. The van der Waals surface area contributed by atoms with Crippen LogP contribution in [0.3, 0.4) is 0 Å². The summed E-state index contributed by atoms with van der Waals surface area (Å²) in [6.07, 6.45) is 0. The Hall–Kier alpha value is -2.79. The molecule has 5 nitrogen and oxygen atoms in total. The van der Waals surface area contributed by atoms with Crippen LogP contribution < -0.4 is 10.3 Å². The maximum Gasteiger partial charge on any atom is 0.270 e. The number of nitrogens with zero attached hydrogens (tertiary/aromatic N) is 3. The number of benzene rings is 2. The van der Waals surface area contributed by atoms with E-state index >= 15 is 0 Å². The third-order valence-electron chi connectivity index (χ3n) is 5.33. The number of carbonyl (C=O) groups is 1. The largest absolute Gasteiger partial charge is 0.344 e. The average Bonchev–Trinajstić information content (AvgIpc) is 3.09. The lowest BCUT2D eigenvalue weighted by Gasteiger charge is -2.36. The van der Waals surface area contributed by atoms with Gasteiger partial charge in [0.1, 0.15) is 5.69 Å². The Morgan fingerprint density at radius 2 is 1.63 bits per heavy atom. The van der Waals surface area contributed by atoms with E-state index in [2.05, 4.69) is 39.1 Å². The fourth-order valence-corrected chi connectivity index (χ4v) is 3.70. The van der Waals surface area contributed by atoms with Gasteiger partial charge in [0.2, 0.25) is 0 Å². The van der Waals surface area contributed by atoms with Crippen LogP contribution >= 0.6 is 0 Å². The van der Waals surface area contributed by atoms with E-state index in [0.29, 0.717) is 5.69 Å². The van der Waals surface area contributed by atoms with E-state index < -0.39 is 0 Å². The Labute approximate surface area is 160 Å². The van der Waals surface area contributed by atoms with Gasteiger partial charge in [0.25, 0.3) is 5.91 Å². The molecule has 1 amide bonds. The fraction of sp³-hybridized carbons (Fsp3) is 0.318. The molecule has 1 fully saturated rings. The highest BCUT2D eigenvalue weighted by Crippen LogP contribution is 2.22. The second-order valence-corrected chi connectivity index (χ2v) is 7.26. The van der Waals surface area contributed by atoms with Gasteiger partial charge in [-0.05, 0) is 31.7 Å². The number of nitrogens with one attached hydrogen (secondary N) is 1. The highest BCUT2D eigenvalue weighted by Gasteiger charge is 2.23. The number of rotatable bonds is 4. The number of piperazine rings is 1. The van der Waals surface area contributed by atoms with E-state index in [4.69, 9.17) is 0 Å². The van der Waals surface area contributed by atoms with E-state index in [1.807, 2.05) is 55.5 Å². The summed E-state index contributed by atoms with van der Waals surface area (Å²) in [5, 5.41) is 6.54. The van der Waals surface area contributed by atoms with Gasteiger partial charge >= 0.3 is 0 Å². The standard InChI is InChI=1S/C22H26N4O/c1-17(18-8-4-3-5-9-18)23-22(27)21-16-19-10-6-7-11-20(19)26(21)25-14-12-24(2)13-15-25/h3-11,16-17H,12-15H2,1-2H3,(H,23,27)/t17-/m1/s1. The van der Waals surface area contributed by atoms with E-state index in [1.54, 1.807) is 0 Å². The monoisotopic (exact) mass is 362 g/mol. The molecule has 140 valence electrons. The third kappa shape index (κ3) is 3.55. The van der Waals surface area contributed by atoms with E-state index in [-0.39, 0.29) is 11.9 Å². The van der Waals surface area contributed by atoms with Crippen LogP contribution in [0, 0.1) is 0 Å². The van der Waals surface area contributed by atoms with Crippen LogP contribution in [0.5, 0.6) is 0 Å². The molecular formula is C22H26N4O. The molecule has 1 N–H and O–H groups in total. The van der Waals surface area contributed by atoms with Crippen LogP contribution in [0.1, 0.15) is 29.0 Å². The van der Waals surface area contributed by atoms with Crippen molar-refractivity contribution in [2.45, 2.75) is 13.0 Å². The van der Waals surface area contributed by atoms with Gasteiger partial charge in [0.15, 0.2) is 0 Å². The SMILES string of the molecule is C[C@@H](NC(=O)c1cc2ccccc2n1N1CCN(C)CC1)c1ccccc1. The Kier molecular flexibility index (Phi) is 4.86. The Morgan fingerprint density at radius 3 is 2.37 bits per heavy atom. The maximum atomic E-state index is 13.2. The number of hydrogen-bond donors (Lipinski definition) is 1. The first-order chi connectivity index (χ1) is 13.1. The van der Waals surface area contributed by atoms with Gasteiger partial charge in [-0.2, -0.15) is 0 Å². The molecule has 0 unspecified atom stereocenters. The van der Waals surface area contributed by atoms with E-state index in [9.17, 15) is 4.79 Å². The van der Waals surface area contributed by atoms with Gasteiger partial charge in [-0.1, -0.05) is 48.5 Å². The normalized spacial score (nSPS) is 16.4. The zero-order valence-corrected chi connectivity index (χ0v) is 15.9. The molecule has 1 saturated heterocycles. The lowest BCUT2D eigenvalue weighted by molar-refractivity contribution is 0.0929. The summed E-state index contributed by atoms with van der Waals surface area (Å²) in [4.78, 5) is 15.5. The van der Waals surface area contributed by atoms with Crippen LogP contribution in [-0.4, -0.2) is 48.7 Å². The molecule has 27 heavy (non-hydrogen) atoms. The highest BCUT2D eigenvalue weighted by atomic mass is 16.2. The number of para-hydroxylation sites is 1. The molecule has 0 saturated carbocycles. The zero-order chi connectivity index (χ0) is 18.8. The Balaban J connectivity index is 1.66. The maximum absolute atomic E-state index is 13.2. The molecule has 0 aliphatic carbocycles. The number of fused-ring (bicyclic) bond motifs is 1. The zero-order valence-electron chi connectivity index (χ0n) is 15.9. The minimum Gasteiger partial charge on any atom is -0.344 e. The molecule has 1 aromatic heterocycles. The van der Waals surface area contributed by atoms with E-state index in [1.165, 1.54) is 0 Å². The predicted molar refractivity (Wildman–Crippen MR) is 110 cm³/mol. The highest BCUT2D eigenvalue weighted by molar-refractivity contribution is 5.99. The number of aromatic nitrogens is 1. The quantitative estimate of drug-likeness (QED) is 0.776. The van der Waals surface area contributed by atoms with Crippen LogP contribution in [0.2, 0.25) is 0 Å². The van der Waals surface area contributed by atoms with Crippen LogP contribution in [-0.2, 0) is 0 Å². The van der Waals surface area contributed by atoms with Gasteiger partial charge in [-0.15, -0.1) is 0 Å². The van der Waals surface area contributed by atoms with Crippen molar-refractivity contribution in [3.05, 3.63) is 71.9 Å². The van der Waals surface area contributed by atoms with Crippen LogP contribution in [0.4, 0.5) is 0 Å². The second kappa shape index (κ2) is 7.45. The van der Waals surface area contributed by atoms with Crippen LogP contribution in [0.15, 0.2) is 60.7 Å². The smallest absolute Gasteiger partial charge is 0.270 e. The van der Waals surface area contributed by atoms with E-state index in [0.717, 1.165) is 42.6 Å².